The average Bonchev–Trinajstić information content (AvgIpc) is 2.70. The second-order valence-corrected chi connectivity index (χ2v) is 7.96. The van der Waals surface area contributed by atoms with Gasteiger partial charge in [0.05, 0.1) is 4.90 Å². The third-order valence-corrected chi connectivity index (χ3v) is 5.85. The van der Waals surface area contributed by atoms with E-state index in [9.17, 15) is 8.42 Å². The molecule has 21 heavy (non-hydrogen) atoms. The van der Waals surface area contributed by atoms with Gasteiger partial charge in [-0.25, -0.2) is 13.1 Å². The molecule has 1 fully saturated rings. The van der Waals surface area contributed by atoms with Crippen LogP contribution in [0.15, 0.2) is 27.6 Å². The number of anilines is 1. The number of likely N-dealkylation sites (tertiary alicyclic amines) is 1. The van der Waals surface area contributed by atoms with Crippen molar-refractivity contribution in [1.82, 2.24) is 9.62 Å². The lowest BCUT2D eigenvalue weighted by Crippen LogP contribution is -2.35. The van der Waals surface area contributed by atoms with Gasteiger partial charge in [-0.05, 0) is 60.1 Å². The Morgan fingerprint density at radius 1 is 1.19 bits per heavy atom. The van der Waals surface area contributed by atoms with Crippen LogP contribution in [0.5, 0.6) is 0 Å². The molecule has 0 spiro atoms. The molecular formula is C14H22BrN3O2S. The smallest absolute Gasteiger partial charge is 0.240 e. The number of halogens is 1. The number of hydrogen-bond acceptors (Lipinski definition) is 4. The zero-order valence-corrected chi connectivity index (χ0v) is 14.4. The molecule has 0 aliphatic carbocycles. The summed E-state index contributed by atoms with van der Waals surface area (Å²) in [7, 11) is -3.47. The van der Waals surface area contributed by atoms with Crippen molar-refractivity contribution < 1.29 is 8.42 Å². The first-order chi connectivity index (χ1) is 9.99. The van der Waals surface area contributed by atoms with E-state index in [1.54, 1.807) is 6.07 Å². The molecule has 1 saturated heterocycles. The van der Waals surface area contributed by atoms with Crippen molar-refractivity contribution in [1.29, 1.82) is 0 Å². The first-order valence-electron chi connectivity index (χ1n) is 7.26. The molecule has 2 rings (SSSR count). The van der Waals surface area contributed by atoms with E-state index in [1.165, 1.54) is 37.8 Å². The predicted octanol–water partition coefficient (Wildman–Crippen LogP) is 2.19. The Morgan fingerprint density at radius 2 is 1.86 bits per heavy atom. The summed E-state index contributed by atoms with van der Waals surface area (Å²) in [6.45, 7) is 3.32. The van der Waals surface area contributed by atoms with Crippen LogP contribution in [0.25, 0.3) is 0 Å². The highest BCUT2D eigenvalue weighted by Crippen LogP contribution is 2.22. The Bertz CT molecular complexity index is 570. The fourth-order valence-corrected chi connectivity index (χ4v) is 4.03. The second-order valence-electron chi connectivity index (χ2n) is 5.34. The predicted molar refractivity (Wildman–Crippen MR) is 88.7 cm³/mol. The number of hydrogen-bond donors (Lipinski definition) is 2. The van der Waals surface area contributed by atoms with E-state index in [2.05, 4.69) is 25.6 Å². The Hall–Kier alpha value is -0.630. The molecule has 0 radical (unpaired) electrons. The number of benzene rings is 1. The maximum absolute atomic E-state index is 12.2. The summed E-state index contributed by atoms with van der Waals surface area (Å²) in [5, 5.41) is 0. The van der Waals surface area contributed by atoms with Gasteiger partial charge in [0.2, 0.25) is 10.0 Å². The summed E-state index contributed by atoms with van der Waals surface area (Å²) >= 11 is 3.25. The van der Waals surface area contributed by atoms with Crippen molar-refractivity contribution >= 4 is 31.6 Å². The first-order valence-corrected chi connectivity index (χ1v) is 9.54. The van der Waals surface area contributed by atoms with Gasteiger partial charge >= 0.3 is 0 Å². The van der Waals surface area contributed by atoms with Crippen LogP contribution < -0.4 is 10.5 Å². The Kier molecular flexibility index (Phi) is 6.04. The van der Waals surface area contributed by atoms with E-state index in [4.69, 9.17) is 5.73 Å². The van der Waals surface area contributed by atoms with Crippen LogP contribution in [0.1, 0.15) is 25.7 Å². The van der Waals surface area contributed by atoms with E-state index in [-0.39, 0.29) is 4.90 Å². The molecule has 1 heterocycles. The second kappa shape index (κ2) is 7.58. The molecule has 0 bridgehead atoms. The van der Waals surface area contributed by atoms with Gasteiger partial charge in [-0.3, -0.25) is 0 Å². The highest BCUT2D eigenvalue weighted by molar-refractivity contribution is 9.10. The van der Waals surface area contributed by atoms with Crippen LogP contribution in [0, 0.1) is 0 Å². The van der Waals surface area contributed by atoms with Crippen molar-refractivity contribution in [3.8, 4) is 0 Å². The maximum Gasteiger partial charge on any atom is 0.240 e. The van der Waals surface area contributed by atoms with Crippen LogP contribution in [0.4, 0.5) is 5.69 Å². The largest absolute Gasteiger partial charge is 0.398 e. The maximum atomic E-state index is 12.2. The van der Waals surface area contributed by atoms with E-state index < -0.39 is 10.0 Å². The number of nitrogens with two attached hydrogens (primary N) is 1. The lowest BCUT2D eigenvalue weighted by Gasteiger charge is -2.19. The standard InChI is InChI=1S/C14H22BrN3O2S/c15-13-11-12(5-6-14(13)16)21(19,20)17-7-10-18-8-3-1-2-4-9-18/h5-6,11,17H,1-4,7-10,16H2. The van der Waals surface area contributed by atoms with Crippen molar-refractivity contribution in [2.24, 2.45) is 0 Å². The van der Waals surface area contributed by atoms with Crippen LogP contribution in [-0.2, 0) is 10.0 Å². The molecule has 1 aliphatic heterocycles. The molecule has 7 heteroatoms. The third-order valence-electron chi connectivity index (χ3n) is 3.70. The van der Waals surface area contributed by atoms with Crippen molar-refractivity contribution in [3.05, 3.63) is 22.7 Å². The summed E-state index contributed by atoms with van der Waals surface area (Å²) in [4.78, 5) is 2.56. The monoisotopic (exact) mass is 375 g/mol. The van der Waals surface area contributed by atoms with E-state index >= 15 is 0 Å². The molecule has 1 aromatic carbocycles. The van der Waals surface area contributed by atoms with Gasteiger partial charge in [0.15, 0.2) is 0 Å². The van der Waals surface area contributed by atoms with Crippen LogP contribution in [-0.4, -0.2) is 39.5 Å². The molecule has 1 aromatic rings. The van der Waals surface area contributed by atoms with Gasteiger partial charge in [-0.2, -0.15) is 0 Å². The van der Waals surface area contributed by atoms with Crippen molar-refractivity contribution in [2.45, 2.75) is 30.6 Å². The fourth-order valence-electron chi connectivity index (χ4n) is 2.46. The van der Waals surface area contributed by atoms with E-state index in [1.807, 2.05) is 0 Å². The first kappa shape index (κ1) is 16.7. The summed E-state index contributed by atoms with van der Waals surface area (Å²) in [6.07, 6.45) is 4.97. The fraction of sp³-hybridized carbons (Fsp3) is 0.571. The molecule has 0 atom stereocenters. The summed E-state index contributed by atoms with van der Waals surface area (Å²) in [6, 6.07) is 4.64. The Labute approximate surface area is 135 Å². The number of rotatable bonds is 5. The van der Waals surface area contributed by atoms with E-state index in [0.29, 0.717) is 16.7 Å². The number of nitrogens with one attached hydrogen (secondary N) is 1. The van der Waals surface area contributed by atoms with Gasteiger partial charge in [-0.1, -0.05) is 12.8 Å². The summed E-state index contributed by atoms with van der Waals surface area (Å²) < 4.78 is 27.7. The van der Waals surface area contributed by atoms with Crippen molar-refractivity contribution in [3.63, 3.8) is 0 Å². The minimum Gasteiger partial charge on any atom is -0.398 e. The lowest BCUT2D eigenvalue weighted by molar-refractivity contribution is 0.290. The van der Waals surface area contributed by atoms with Crippen LogP contribution in [0.2, 0.25) is 0 Å². The van der Waals surface area contributed by atoms with Gasteiger partial charge in [0.25, 0.3) is 0 Å². The lowest BCUT2D eigenvalue weighted by atomic mass is 10.2. The summed E-state index contributed by atoms with van der Waals surface area (Å²) in [5.74, 6) is 0. The molecular weight excluding hydrogens is 354 g/mol. The molecule has 118 valence electrons. The molecule has 3 N–H and O–H groups in total. The highest BCUT2D eigenvalue weighted by atomic mass is 79.9. The van der Waals surface area contributed by atoms with Crippen molar-refractivity contribution in [2.75, 3.05) is 31.9 Å². The van der Waals surface area contributed by atoms with Gasteiger partial charge in [-0.15, -0.1) is 0 Å². The third kappa shape index (κ3) is 4.95. The molecule has 0 saturated carbocycles. The molecule has 1 aliphatic rings. The Morgan fingerprint density at radius 3 is 2.48 bits per heavy atom. The number of sulfonamides is 1. The molecule has 5 nitrogen and oxygen atoms in total. The summed E-state index contributed by atoms with van der Waals surface area (Å²) in [5.41, 5.74) is 6.20. The number of nitrogen functional groups attached to an aromatic ring is 1. The highest BCUT2D eigenvalue weighted by Gasteiger charge is 2.16. The number of nitrogens with zero attached hydrogens (tertiary/aromatic N) is 1. The normalized spacial score (nSPS) is 17.6. The van der Waals surface area contributed by atoms with Gasteiger partial charge in [0, 0.05) is 23.2 Å². The van der Waals surface area contributed by atoms with Gasteiger partial charge in [0.1, 0.15) is 0 Å². The zero-order valence-electron chi connectivity index (χ0n) is 12.0. The quantitative estimate of drug-likeness (QED) is 0.773. The SMILES string of the molecule is Nc1ccc(S(=O)(=O)NCCN2CCCCCC2)cc1Br. The molecule has 0 unspecified atom stereocenters. The minimum atomic E-state index is -3.47. The minimum absolute atomic E-state index is 0.236. The molecule has 0 aromatic heterocycles. The Balaban J connectivity index is 1.90. The van der Waals surface area contributed by atoms with Crippen LogP contribution >= 0.6 is 15.9 Å². The topological polar surface area (TPSA) is 75.4 Å². The van der Waals surface area contributed by atoms with Gasteiger partial charge < -0.3 is 10.6 Å². The zero-order chi connectivity index (χ0) is 15.3. The average molecular weight is 376 g/mol. The van der Waals surface area contributed by atoms with Crippen LogP contribution in [0.3, 0.4) is 0 Å². The van der Waals surface area contributed by atoms with E-state index in [0.717, 1.165) is 19.6 Å². The molecule has 0 amide bonds.